The molecule has 0 saturated heterocycles. The van der Waals surface area contributed by atoms with E-state index in [0.29, 0.717) is 17.1 Å². The Morgan fingerprint density at radius 1 is 0.857 bits per heavy atom. The fourth-order valence-corrected chi connectivity index (χ4v) is 8.54. The van der Waals surface area contributed by atoms with E-state index in [1.54, 1.807) is 6.07 Å². The zero-order chi connectivity index (χ0) is 27.3. The van der Waals surface area contributed by atoms with Gasteiger partial charge in [0.25, 0.3) is 5.69 Å². The van der Waals surface area contributed by atoms with E-state index in [1.807, 2.05) is 20.8 Å². The van der Waals surface area contributed by atoms with Gasteiger partial charge >= 0.3 is 8.02 Å². The van der Waals surface area contributed by atoms with Gasteiger partial charge in [0.15, 0.2) is 11.5 Å². The van der Waals surface area contributed by atoms with Gasteiger partial charge in [-0.1, -0.05) is 0 Å². The number of hydrogen-bond acceptors (Lipinski definition) is 8. The van der Waals surface area contributed by atoms with Gasteiger partial charge in [-0.25, -0.2) is 0 Å². The summed E-state index contributed by atoms with van der Waals surface area (Å²) in [6.45, 7) is 23.0. The summed E-state index contributed by atoms with van der Waals surface area (Å²) in [4.78, 5) is 11.5. The fraction of sp³-hybridized carbons (Fsp3) is 0.760. The van der Waals surface area contributed by atoms with E-state index in [2.05, 4.69) is 64.7 Å². The van der Waals surface area contributed by atoms with Crippen LogP contribution in [-0.2, 0) is 15.7 Å². The van der Waals surface area contributed by atoms with Crippen molar-refractivity contribution >= 4 is 13.7 Å². The molecule has 0 saturated carbocycles. The van der Waals surface area contributed by atoms with Gasteiger partial charge in [0, 0.05) is 24.2 Å². The largest absolute Gasteiger partial charge is 0.493 e. The molecule has 35 heavy (non-hydrogen) atoms. The first-order valence-corrected chi connectivity index (χ1v) is 13.8. The maximum Gasteiger partial charge on any atom is 0.438 e. The average Bonchev–Trinajstić information content (AvgIpc) is 2.68. The Kier molecular flexibility index (Phi) is 11.4. The molecule has 1 aromatic carbocycles. The van der Waals surface area contributed by atoms with E-state index in [4.69, 9.17) is 18.5 Å². The molecule has 202 valence electrons. The summed E-state index contributed by atoms with van der Waals surface area (Å²) in [5.41, 5.74) is -0.214. The Morgan fingerprint density at radius 3 is 1.57 bits per heavy atom. The minimum Gasteiger partial charge on any atom is -0.493 e. The van der Waals surface area contributed by atoms with Crippen LogP contribution in [0.4, 0.5) is 5.69 Å². The molecule has 0 atom stereocenters. The summed E-state index contributed by atoms with van der Waals surface area (Å²) in [5, 5.41) is 12.0. The molecule has 0 aliphatic heterocycles. The van der Waals surface area contributed by atoms with Gasteiger partial charge in [-0.3, -0.25) is 10.1 Å². The minimum atomic E-state index is -2.95. The molecule has 0 N–H and O–H groups in total. The first-order chi connectivity index (χ1) is 16.0. The zero-order valence-corrected chi connectivity index (χ0v) is 24.8. The third-order valence-electron chi connectivity index (χ3n) is 5.26. The lowest BCUT2D eigenvalue weighted by atomic mass is 10.1. The third kappa shape index (κ3) is 7.73. The molecule has 0 bridgehead atoms. The maximum absolute atomic E-state index is 12.0. The lowest BCUT2D eigenvalue weighted by molar-refractivity contribution is -0.385. The number of nitro groups is 1. The van der Waals surface area contributed by atoms with Gasteiger partial charge < -0.3 is 9.47 Å². The molecule has 1 aromatic rings. The Hall–Kier alpha value is -1.51. The Balaban J connectivity index is 3.85. The van der Waals surface area contributed by atoms with Crippen LogP contribution >= 0.6 is 8.02 Å². The summed E-state index contributed by atoms with van der Waals surface area (Å²) in [6, 6.07) is 3.41. The van der Waals surface area contributed by atoms with Gasteiger partial charge in [-0.15, -0.1) is 9.34 Å². The number of benzene rings is 1. The van der Waals surface area contributed by atoms with Crippen LogP contribution in [0.2, 0.25) is 0 Å². The smallest absolute Gasteiger partial charge is 0.438 e. The second-order valence-electron chi connectivity index (χ2n) is 10.7. The summed E-state index contributed by atoms with van der Waals surface area (Å²) in [5.74, 6) is 0.707. The maximum atomic E-state index is 12.0. The number of nitro benzene ring substituents is 1. The van der Waals surface area contributed by atoms with Crippen LogP contribution in [0.15, 0.2) is 12.1 Å². The van der Waals surface area contributed by atoms with E-state index in [0.717, 1.165) is 0 Å². The van der Waals surface area contributed by atoms with Crippen LogP contribution < -0.4 is 9.47 Å². The molecule has 0 aliphatic rings. The van der Waals surface area contributed by atoms with E-state index in [-0.39, 0.29) is 36.5 Å². The molecule has 9 nitrogen and oxygen atoms in total. The van der Waals surface area contributed by atoms with Gasteiger partial charge in [0.05, 0.1) is 30.8 Å². The highest BCUT2D eigenvalue weighted by Crippen LogP contribution is 2.72. The zero-order valence-electron chi connectivity index (χ0n) is 23.9. The highest BCUT2D eigenvalue weighted by Gasteiger charge is 2.62. The lowest BCUT2D eigenvalue weighted by Crippen LogP contribution is -2.51. The topological polar surface area (TPSA) is 86.5 Å². The van der Waals surface area contributed by atoms with Crippen LogP contribution in [0.1, 0.15) is 81.7 Å². The second-order valence-corrected chi connectivity index (χ2v) is 13.0. The van der Waals surface area contributed by atoms with Crippen LogP contribution in [-0.4, -0.2) is 58.3 Å². The Bertz CT molecular complexity index is 803. The van der Waals surface area contributed by atoms with Crippen molar-refractivity contribution in [2.45, 2.75) is 113 Å². The molecule has 0 aliphatic carbocycles. The predicted octanol–water partition coefficient (Wildman–Crippen LogP) is 6.86. The second kappa shape index (κ2) is 12.6. The monoisotopic (exact) mass is 516 g/mol. The van der Waals surface area contributed by atoms with Crippen molar-refractivity contribution in [1.29, 1.82) is 0 Å². The molecule has 0 amide bonds. The predicted molar refractivity (Wildman–Crippen MR) is 143 cm³/mol. The molecule has 0 heterocycles. The van der Waals surface area contributed by atoms with Crippen molar-refractivity contribution in [1.82, 2.24) is 9.34 Å². The molecular formula is C25H47N3O6P+. The molecule has 0 spiro atoms. The van der Waals surface area contributed by atoms with Crippen molar-refractivity contribution < 1.29 is 23.4 Å². The normalized spacial score (nSPS) is 13.1. The van der Waals surface area contributed by atoms with Crippen molar-refractivity contribution in [3.63, 3.8) is 0 Å². The summed E-state index contributed by atoms with van der Waals surface area (Å²) in [7, 11) is 0.0145. The lowest BCUT2D eigenvalue weighted by Gasteiger charge is -2.46. The number of nitrogens with zero attached hydrogens (tertiary/aromatic N) is 3. The Morgan fingerprint density at radius 2 is 1.26 bits per heavy atom. The summed E-state index contributed by atoms with van der Waals surface area (Å²) >= 11 is 0. The van der Waals surface area contributed by atoms with Gasteiger partial charge in [-0.05, 0) is 82.2 Å². The van der Waals surface area contributed by atoms with Crippen molar-refractivity contribution in [2.24, 2.45) is 0 Å². The van der Waals surface area contributed by atoms with Gasteiger partial charge in [-0.2, -0.15) is 9.05 Å². The first-order valence-electron chi connectivity index (χ1n) is 12.2. The van der Waals surface area contributed by atoms with Crippen LogP contribution in [0.3, 0.4) is 0 Å². The average molecular weight is 517 g/mol. The van der Waals surface area contributed by atoms with E-state index >= 15 is 0 Å². The molecule has 1 rings (SSSR count). The first kappa shape index (κ1) is 31.5. The molecule has 0 radical (unpaired) electrons. The number of hydrogen-bond donors (Lipinski definition) is 0. The number of methoxy groups -OCH3 is 2. The molecule has 0 fully saturated rings. The quantitative estimate of drug-likeness (QED) is 0.160. The SMILES string of the molecule is COc1cc(CO[P+](OC(C)(C)C)(N(C(C)C)C(C)C)N(C(C)C)C(C)C)c([N+](=O)[O-])cc1OC. The van der Waals surface area contributed by atoms with Crippen LogP contribution in [0, 0.1) is 10.1 Å². The van der Waals surface area contributed by atoms with Crippen molar-refractivity contribution in [3.8, 4) is 11.5 Å². The minimum absolute atomic E-state index is 0.0214. The van der Waals surface area contributed by atoms with Gasteiger partial charge in [0.2, 0.25) is 0 Å². The van der Waals surface area contributed by atoms with Crippen LogP contribution in [0.5, 0.6) is 11.5 Å². The molecule has 10 heteroatoms. The molecular weight excluding hydrogens is 469 g/mol. The van der Waals surface area contributed by atoms with E-state index in [9.17, 15) is 10.1 Å². The number of ether oxygens (including phenoxy) is 2. The van der Waals surface area contributed by atoms with Gasteiger partial charge in [0.1, 0.15) is 12.2 Å². The fourth-order valence-electron chi connectivity index (χ4n) is 4.44. The highest BCUT2D eigenvalue weighted by atomic mass is 31.2. The highest BCUT2D eigenvalue weighted by molar-refractivity contribution is 7.61. The van der Waals surface area contributed by atoms with Crippen LogP contribution in [0.25, 0.3) is 0 Å². The van der Waals surface area contributed by atoms with Crippen molar-refractivity contribution in [2.75, 3.05) is 14.2 Å². The van der Waals surface area contributed by atoms with E-state index < -0.39 is 18.5 Å². The third-order valence-corrected chi connectivity index (χ3v) is 9.53. The standard InChI is InChI=1S/C25H47N3O6P/c1-17(2)26(18(3)4)35(34-25(9,10)11,27(19(5)6)20(7)8)33-16-21-14-23(31-12)24(32-13)15-22(21)28(29)30/h14-15,17-20H,16H2,1-13H3/q+1. The van der Waals surface area contributed by atoms with Crippen molar-refractivity contribution in [3.05, 3.63) is 27.8 Å². The number of rotatable bonds is 13. The molecule has 0 unspecified atom stereocenters. The molecule has 0 aromatic heterocycles. The van der Waals surface area contributed by atoms with E-state index in [1.165, 1.54) is 20.3 Å². The Labute approximate surface area is 212 Å². The summed E-state index contributed by atoms with van der Waals surface area (Å²) in [6.07, 6.45) is 0. The summed E-state index contributed by atoms with van der Waals surface area (Å²) < 4.78 is 29.1.